The first-order chi connectivity index (χ1) is 36.2. The van der Waals surface area contributed by atoms with Crippen LogP contribution < -0.4 is 41.9 Å². The van der Waals surface area contributed by atoms with E-state index in [9.17, 15) is 81.6 Å². The van der Waals surface area contributed by atoms with Crippen LogP contribution >= 0.6 is 0 Å². The zero-order chi connectivity index (χ0) is 57.7. The zero-order valence-electron chi connectivity index (χ0n) is 42.5. The van der Waals surface area contributed by atoms with Crippen LogP contribution in [0.15, 0.2) is 97.1 Å². The number of allylic oxidation sites excluding steroid dienone is 4. The highest BCUT2D eigenvalue weighted by molar-refractivity contribution is 5.69. The Morgan fingerprint density at radius 3 is 1.52 bits per heavy atom. The lowest BCUT2D eigenvalue weighted by Crippen LogP contribution is -2.78. The van der Waals surface area contributed by atoms with Crippen molar-refractivity contribution in [1.82, 2.24) is 0 Å². The van der Waals surface area contributed by atoms with E-state index in [0.717, 1.165) is 37.1 Å². The van der Waals surface area contributed by atoms with Gasteiger partial charge >= 0.3 is 24.3 Å². The van der Waals surface area contributed by atoms with Crippen molar-refractivity contribution >= 4 is 23.9 Å². The highest BCUT2D eigenvalue weighted by Crippen LogP contribution is 2.38. The molecule has 432 valence electrons. The molecule has 2 aliphatic rings. The van der Waals surface area contributed by atoms with Crippen LogP contribution in [0.3, 0.4) is 0 Å². The van der Waals surface area contributed by atoms with Crippen molar-refractivity contribution in [3.05, 3.63) is 108 Å². The molecule has 15 N–H and O–H groups in total. The number of quaternary nitrogens is 1. The lowest BCUT2D eigenvalue weighted by Gasteiger charge is -2.19. The van der Waals surface area contributed by atoms with Crippen LogP contribution in [-0.4, -0.2) is 122 Å². The number of carboxylic acids is 3. The van der Waals surface area contributed by atoms with Crippen molar-refractivity contribution in [2.24, 2.45) is 35.1 Å². The fourth-order valence-electron chi connectivity index (χ4n) is 8.27. The summed E-state index contributed by atoms with van der Waals surface area (Å²) in [5, 5.41) is 90.4. The van der Waals surface area contributed by atoms with Crippen molar-refractivity contribution in [3.63, 3.8) is 0 Å². The Hall–Kier alpha value is -6.02. The number of hydrogen-bond acceptors (Lipinski definition) is 13. The third-order valence-corrected chi connectivity index (χ3v) is 12.4. The summed E-state index contributed by atoms with van der Waals surface area (Å²) in [5.74, 6) is -4.28. The van der Waals surface area contributed by atoms with Gasteiger partial charge in [-0.3, -0.25) is 21.3 Å². The molecule has 11 atom stereocenters. The second-order valence-electron chi connectivity index (χ2n) is 18.7. The van der Waals surface area contributed by atoms with Gasteiger partial charge in [0.1, 0.15) is 43.0 Å². The molecule has 2 fully saturated rings. The minimum Gasteiger partial charge on any atom is -0.550 e. The first-order valence-corrected chi connectivity index (χ1v) is 25.1. The fourth-order valence-corrected chi connectivity index (χ4v) is 8.27. The number of rotatable bonds is 28. The normalized spacial score (nSPS) is 22.8. The number of benzene rings is 2. The van der Waals surface area contributed by atoms with Crippen LogP contribution in [0, 0.1) is 23.7 Å². The standard InChI is InChI=1S/2C23H29F3O6.C7H16N4O2/c2*24-23(25,26)15-6-5-7-17(12-15)32-14-16(27)10-11-19-18(20(28)13-21(19)29)8-3-1-2-4-9-22(30)31;8-5(6(12)13)3-1-2-4-11-7(9)10/h2*1,3,5-7,10-12,16,18-21,27-29H,2,4,8-9,13-14H2,(H,30,31);5H,1-4,8H2,(H,12,13)(H4,9,10,11)/b2*3-1-,11-10+;/t2*16-,18-,19-,20+,21-;5-/m110/s1. The van der Waals surface area contributed by atoms with Crippen molar-refractivity contribution in [2.75, 3.05) is 19.8 Å². The molecule has 2 saturated carbocycles. The number of carboxylic acid groups (broad SMARTS) is 3. The molecule has 0 saturated heterocycles. The van der Waals surface area contributed by atoms with E-state index in [1.165, 1.54) is 36.4 Å². The van der Waals surface area contributed by atoms with Gasteiger partial charge in [0.2, 0.25) is 0 Å². The molecule has 24 heteroatoms. The Morgan fingerprint density at radius 1 is 0.688 bits per heavy atom. The molecule has 0 spiro atoms. The number of aliphatic carboxylic acids is 3. The topological polar surface area (TPSA) is 351 Å². The second kappa shape index (κ2) is 34.7. The lowest BCUT2D eigenvalue weighted by molar-refractivity contribution is -0.461. The van der Waals surface area contributed by atoms with Gasteiger partial charge in [0.25, 0.3) is 0 Å². The van der Waals surface area contributed by atoms with E-state index in [-0.39, 0.29) is 68.2 Å². The molecule has 2 aromatic carbocycles. The Bertz CT molecular complexity index is 2090. The molecule has 0 aliphatic heterocycles. The SMILES string of the molecule is NC(N)=[NH+]CCCC[C@H]([NH3+])C(=O)[O-].O=C(O)CCC/C=C\C[C@@H]1[C@@H](/C=C/[C@@H](O)COc2cccc(C(F)(F)F)c2)[C@H](O)C[C@@H]1O.O=C([O-])CCC/C=C\C[C@@H]1[C@@H](/C=C/[C@@H](O)COc2cccc(C(F)(F)F)c2)[C@H](O)C[C@@H]1O. The molecule has 4 rings (SSSR count). The quantitative estimate of drug-likeness (QED) is 0.0183. The largest absolute Gasteiger partial charge is 0.550 e. The molecule has 77 heavy (non-hydrogen) atoms. The summed E-state index contributed by atoms with van der Waals surface area (Å²) in [6, 6.07) is 8.09. The van der Waals surface area contributed by atoms with Gasteiger partial charge in [-0.25, -0.2) is 0 Å². The summed E-state index contributed by atoms with van der Waals surface area (Å²) in [5.41, 5.74) is 12.0. The monoisotopic (exact) mass is 1100 g/mol. The van der Waals surface area contributed by atoms with Gasteiger partial charge in [0.05, 0.1) is 48.1 Å². The summed E-state index contributed by atoms with van der Waals surface area (Å²) in [4.78, 5) is 33.9. The van der Waals surface area contributed by atoms with Crippen LogP contribution in [0.4, 0.5) is 26.3 Å². The van der Waals surface area contributed by atoms with Gasteiger partial charge in [-0.05, 0) is 106 Å². The molecule has 0 heterocycles. The van der Waals surface area contributed by atoms with Crippen molar-refractivity contribution in [3.8, 4) is 11.5 Å². The predicted octanol–water partition coefficient (Wildman–Crippen LogP) is 0.657. The number of ether oxygens (including phenoxy) is 2. The summed E-state index contributed by atoms with van der Waals surface area (Å²) >= 11 is 0. The zero-order valence-corrected chi connectivity index (χ0v) is 42.5. The molecule has 0 unspecified atom stereocenters. The van der Waals surface area contributed by atoms with Gasteiger partial charge in [0, 0.05) is 43.5 Å². The number of nitrogens with one attached hydrogen (secondary N) is 1. The Labute approximate surface area is 442 Å². The molecule has 0 aromatic heterocycles. The number of unbranched alkanes of at least 4 members (excludes halogenated alkanes) is 3. The summed E-state index contributed by atoms with van der Waals surface area (Å²) in [6.45, 7) is 0.117. The van der Waals surface area contributed by atoms with E-state index in [1.807, 2.05) is 24.3 Å². The van der Waals surface area contributed by atoms with Gasteiger partial charge < -0.3 is 70.8 Å². The highest BCUT2D eigenvalue weighted by atomic mass is 19.4. The molecule has 0 amide bonds. The van der Waals surface area contributed by atoms with Gasteiger partial charge in [-0.2, -0.15) is 26.3 Å². The number of aliphatic hydroxyl groups excluding tert-OH is 6. The van der Waals surface area contributed by atoms with E-state index in [0.29, 0.717) is 51.5 Å². The Morgan fingerprint density at radius 2 is 1.13 bits per heavy atom. The first-order valence-electron chi connectivity index (χ1n) is 25.1. The third-order valence-electron chi connectivity index (χ3n) is 12.4. The van der Waals surface area contributed by atoms with Gasteiger partial charge in [-0.15, -0.1) is 0 Å². The lowest BCUT2D eigenvalue weighted by atomic mass is 9.89. The van der Waals surface area contributed by atoms with E-state index < -0.39 is 95.9 Å². The number of carbonyl (C=O) groups is 3. The minimum atomic E-state index is -4.49. The summed E-state index contributed by atoms with van der Waals surface area (Å²) in [7, 11) is 0. The van der Waals surface area contributed by atoms with Crippen molar-refractivity contribution < 1.29 is 107 Å². The molecule has 0 radical (unpaired) electrons. The van der Waals surface area contributed by atoms with Crippen LogP contribution in [-0.2, 0) is 26.7 Å². The molecular formula is C53H74F6N4O14. The maximum atomic E-state index is 12.8. The highest BCUT2D eigenvalue weighted by Gasteiger charge is 2.40. The maximum Gasteiger partial charge on any atom is 0.416 e. The number of aliphatic hydroxyl groups is 6. The number of nitrogens with two attached hydrogens (primary N) is 2. The predicted molar refractivity (Wildman–Crippen MR) is 264 cm³/mol. The first kappa shape index (κ1) is 67.1. The molecular weight excluding hydrogens is 1030 g/mol. The van der Waals surface area contributed by atoms with Crippen LogP contribution in [0.2, 0.25) is 0 Å². The Balaban J connectivity index is 0.000000430. The van der Waals surface area contributed by atoms with E-state index in [4.69, 9.17) is 26.0 Å². The fraction of sp³-hybridized carbons (Fsp3) is 0.547. The van der Waals surface area contributed by atoms with Crippen molar-refractivity contribution in [1.29, 1.82) is 0 Å². The smallest absolute Gasteiger partial charge is 0.416 e. The maximum absolute atomic E-state index is 12.8. The molecule has 18 nitrogen and oxygen atoms in total. The number of alkyl halides is 6. The van der Waals surface area contributed by atoms with Gasteiger partial charge in [0.15, 0.2) is 0 Å². The van der Waals surface area contributed by atoms with Gasteiger partial charge in [-0.1, -0.05) is 60.7 Å². The average molecular weight is 1110 g/mol. The van der Waals surface area contributed by atoms with Crippen LogP contribution in [0.1, 0.15) is 94.6 Å². The number of halogens is 6. The Kier molecular flexibility index (Phi) is 30.2. The van der Waals surface area contributed by atoms with E-state index in [2.05, 4.69) is 10.7 Å². The van der Waals surface area contributed by atoms with Crippen LogP contribution in [0.25, 0.3) is 0 Å². The minimum absolute atomic E-state index is 0.0190. The molecule has 2 aliphatic carbocycles. The number of hydrogen-bond donors (Lipinski definition) is 11. The average Bonchev–Trinajstić information content (AvgIpc) is 3.79. The number of guanidine groups is 1. The third kappa shape index (κ3) is 27.7. The molecule has 0 bridgehead atoms. The number of carbonyl (C=O) groups excluding carboxylic acids is 2. The van der Waals surface area contributed by atoms with E-state index >= 15 is 0 Å². The van der Waals surface area contributed by atoms with Crippen LogP contribution in [0.5, 0.6) is 11.5 Å². The summed E-state index contributed by atoms with van der Waals surface area (Å²) < 4.78 is 87.0. The molecule has 2 aromatic rings. The summed E-state index contributed by atoms with van der Waals surface area (Å²) in [6.07, 6.45) is 4.73. The van der Waals surface area contributed by atoms with E-state index in [1.54, 1.807) is 12.2 Å². The van der Waals surface area contributed by atoms with Crippen molar-refractivity contribution in [2.45, 2.75) is 138 Å². The second-order valence-corrected chi connectivity index (χ2v) is 18.7.